The van der Waals surface area contributed by atoms with Crippen molar-refractivity contribution in [2.24, 2.45) is 0 Å². The fourth-order valence-corrected chi connectivity index (χ4v) is 3.71. The Balaban J connectivity index is 1.72. The molecule has 0 spiro atoms. The summed E-state index contributed by atoms with van der Waals surface area (Å²) in [6, 6.07) is 8.06. The van der Waals surface area contributed by atoms with Crippen LogP contribution in [0.3, 0.4) is 0 Å². The minimum Gasteiger partial charge on any atom is -0.370 e. The summed E-state index contributed by atoms with van der Waals surface area (Å²) in [6.07, 6.45) is 3.44. The molecule has 1 fully saturated rings. The lowest BCUT2D eigenvalue weighted by Crippen LogP contribution is -2.45. The summed E-state index contributed by atoms with van der Waals surface area (Å²) in [5.74, 6) is 0.901. The largest absolute Gasteiger partial charge is 0.370 e. The number of ether oxygens (including phenoxy) is 1. The number of fused-ring (bicyclic) bond motifs is 1. The number of morpholine rings is 1. The molecule has 27 heavy (non-hydrogen) atoms. The SMILES string of the molecule is CC1COC(c2cccc(Cl)c2)CN1c1ncnc2c1cnn2C(C)(C)C. The summed E-state index contributed by atoms with van der Waals surface area (Å²) in [5, 5.41) is 6.26. The van der Waals surface area contributed by atoms with Gasteiger partial charge in [-0.25, -0.2) is 14.6 Å². The predicted molar refractivity (Wildman–Crippen MR) is 107 cm³/mol. The van der Waals surface area contributed by atoms with E-state index < -0.39 is 0 Å². The van der Waals surface area contributed by atoms with Crippen molar-refractivity contribution in [1.82, 2.24) is 19.7 Å². The second-order valence-electron chi connectivity index (χ2n) is 8.04. The Morgan fingerprint density at radius 2 is 2.04 bits per heavy atom. The van der Waals surface area contributed by atoms with Gasteiger partial charge in [-0.05, 0) is 45.4 Å². The van der Waals surface area contributed by atoms with Gasteiger partial charge in [-0.2, -0.15) is 5.10 Å². The highest BCUT2D eigenvalue weighted by Crippen LogP contribution is 2.33. The summed E-state index contributed by atoms with van der Waals surface area (Å²) in [6.45, 7) is 9.83. The summed E-state index contributed by atoms with van der Waals surface area (Å²) >= 11 is 6.17. The van der Waals surface area contributed by atoms with Gasteiger partial charge in [0.25, 0.3) is 0 Å². The van der Waals surface area contributed by atoms with E-state index in [0.29, 0.717) is 13.2 Å². The Kier molecular flexibility index (Phi) is 4.56. The van der Waals surface area contributed by atoms with Crippen LogP contribution in [0.4, 0.5) is 5.82 Å². The molecule has 0 saturated carbocycles. The van der Waals surface area contributed by atoms with Crippen molar-refractivity contribution in [3.8, 4) is 0 Å². The molecule has 6 nitrogen and oxygen atoms in total. The molecule has 3 heterocycles. The van der Waals surface area contributed by atoms with Crippen molar-refractivity contribution in [2.75, 3.05) is 18.1 Å². The second kappa shape index (κ2) is 6.77. The maximum atomic E-state index is 6.17. The molecule has 1 aliphatic heterocycles. The second-order valence-corrected chi connectivity index (χ2v) is 8.48. The molecule has 2 unspecified atom stereocenters. The first-order chi connectivity index (χ1) is 12.8. The third-order valence-electron chi connectivity index (χ3n) is 4.91. The number of nitrogens with zero attached hydrogens (tertiary/aromatic N) is 5. The highest BCUT2D eigenvalue weighted by atomic mass is 35.5. The molecular formula is C20H24ClN5O. The molecule has 1 aliphatic rings. The van der Waals surface area contributed by atoms with Crippen molar-refractivity contribution < 1.29 is 4.74 Å². The molecule has 0 aliphatic carbocycles. The standard InChI is InChI=1S/C20H24ClN5O/c1-13-11-27-17(14-6-5-7-15(21)8-14)10-25(13)18-16-9-24-26(20(2,3)4)19(16)23-12-22-18/h5-9,12-13,17H,10-11H2,1-4H3. The van der Waals surface area contributed by atoms with Crippen LogP contribution in [0, 0.1) is 0 Å². The maximum absolute atomic E-state index is 6.17. The third-order valence-corrected chi connectivity index (χ3v) is 5.14. The minimum atomic E-state index is -0.146. The summed E-state index contributed by atoms with van der Waals surface area (Å²) in [4.78, 5) is 11.4. The maximum Gasteiger partial charge on any atom is 0.163 e. The lowest BCUT2D eigenvalue weighted by molar-refractivity contribution is 0.0213. The molecule has 1 saturated heterocycles. The molecule has 0 N–H and O–H groups in total. The first-order valence-corrected chi connectivity index (χ1v) is 9.55. The van der Waals surface area contributed by atoms with Crippen LogP contribution in [-0.4, -0.2) is 38.9 Å². The van der Waals surface area contributed by atoms with Gasteiger partial charge in [-0.1, -0.05) is 23.7 Å². The predicted octanol–water partition coefficient (Wildman–Crippen LogP) is 4.20. The molecule has 0 amide bonds. The van der Waals surface area contributed by atoms with E-state index in [-0.39, 0.29) is 17.7 Å². The van der Waals surface area contributed by atoms with E-state index in [1.54, 1.807) is 6.33 Å². The van der Waals surface area contributed by atoms with Crippen LogP contribution in [0.5, 0.6) is 0 Å². The zero-order chi connectivity index (χ0) is 19.2. The number of aromatic nitrogens is 4. The van der Waals surface area contributed by atoms with Gasteiger partial charge in [-0.15, -0.1) is 0 Å². The smallest absolute Gasteiger partial charge is 0.163 e. The Hall–Kier alpha value is -2.18. The number of hydrogen-bond acceptors (Lipinski definition) is 5. The molecule has 7 heteroatoms. The number of benzene rings is 1. The van der Waals surface area contributed by atoms with Crippen LogP contribution < -0.4 is 4.90 Å². The third kappa shape index (κ3) is 3.39. The van der Waals surface area contributed by atoms with Gasteiger partial charge in [0.1, 0.15) is 18.2 Å². The van der Waals surface area contributed by atoms with Gasteiger partial charge >= 0.3 is 0 Å². The topological polar surface area (TPSA) is 56.1 Å². The fraction of sp³-hybridized carbons (Fsp3) is 0.450. The fourth-order valence-electron chi connectivity index (χ4n) is 3.51. The molecule has 142 valence electrons. The number of halogens is 1. The van der Waals surface area contributed by atoms with E-state index in [4.69, 9.17) is 16.3 Å². The Bertz CT molecular complexity index is 964. The monoisotopic (exact) mass is 385 g/mol. The molecule has 4 rings (SSSR count). The molecular weight excluding hydrogens is 362 g/mol. The number of rotatable bonds is 2. The normalized spacial score (nSPS) is 21.0. The zero-order valence-corrected chi connectivity index (χ0v) is 16.8. The van der Waals surface area contributed by atoms with Crippen molar-refractivity contribution in [3.63, 3.8) is 0 Å². The average molecular weight is 386 g/mol. The summed E-state index contributed by atoms with van der Waals surface area (Å²) in [7, 11) is 0. The zero-order valence-electron chi connectivity index (χ0n) is 16.1. The van der Waals surface area contributed by atoms with E-state index in [2.05, 4.69) is 53.7 Å². The first kappa shape index (κ1) is 18.2. The lowest BCUT2D eigenvalue weighted by Gasteiger charge is -2.39. The van der Waals surface area contributed by atoms with Gasteiger partial charge in [0, 0.05) is 5.02 Å². The molecule has 2 aromatic heterocycles. The van der Waals surface area contributed by atoms with Crippen molar-refractivity contribution in [3.05, 3.63) is 47.4 Å². The van der Waals surface area contributed by atoms with Crippen LogP contribution in [0.25, 0.3) is 11.0 Å². The number of anilines is 1. The van der Waals surface area contributed by atoms with Crippen molar-refractivity contribution >= 4 is 28.5 Å². The van der Waals surface area contributed by atoms with Gasteiger partial charge < -0.3 is 9.64 Å². The quantitative estimate of drug-likeness (QED) is 0.661. The van der Waals surface area contributed by atoms with E-state index in [0.717, 1.165) is 27.4 Å². The Morgan fingerprint density at radius 1 is 1.22 bits per heavy atom. The van der Waals surface area contributed by atoms with Gasteiger partial charge in [0.05, 0.1) is 36.3 Å². The summed E-state index contributed by atoms with van der Waals surface area (Å²) < 4.78 is 8.04. The van der Waals surface area contributed by atoms with E-state index in [1.165, 1.54) is 0 Å². The lowest BCUT2D eigenvalue weighted by atomic mass is 10.1. The van der Waals surface area contributed by atoms with Crippen LogP contribution in [0.15, 0.2) is 36.8 Å². The van der Waals surface area contributed by atoms with Crippen LogP contribution in [0.1, 0.15) is 39.4 Å². The van der Waals surface area contributed by atoms with Crippen LogP contribution >= 0.6 is 11.6 Å². The van der Waals surface area contributed by atoms with Gasteiger partial charge in [-0.3, -0.25) is 0 Å². The van der Waals surface area contributed by atoms with Crippen molar-refractivity contribution in [2.45, 2.75) is 45.4 Å². The number of hydrogen-bond donors (Lipinski definition) is 0. The average Bonchev–Trinajstić information content (AvgIpc) is 3.07. The highest BCUT2D eigenvalue weighted by molar-refractivity contribution is 6.30. The minimum absolute atomic E-state index is 0.0532. The van der Waals surface area contributed by atoms with Crippen LogP contribution in [-0.2, 0) is 10.3 Å². The van der Waals surface area contributed by atoms with E-state index in [9.17, 15) is 0 Å². The Labute approximate surface area is 164 Å². The molecule has 3 aromatic rings. The highest BCUT2D eigenvalue weighted by Gasteiger charge is 2.30. The summed E-state index contributed by atoms with van der Waals surface area (Å²) in [5.41, 5.74) is 1.79. The molecule has 0 bridgehead atoms. The van der Waals surface area contributed by atoms with Crippen LogP contribution in [0.2, 0.25) is 5.02 Å². The van der Waals surface area contributed by atoms with Gasteiger partial charge in [0.15, 0.2) is 5.65 Å². The molecule has 1 aromatic carbocycles. The Morgan fingerprint density at radius 3 is 2.78 bits per heavy atom. The molecule has 0 radical (unpaired) electrons. The van der Waals surface area contributed by atoms with Gasteiger partial charge in [0.2, 0.25) is 0 Å². The molecule has 2 atom stereocenters. The van der Waals surface area contributed by atoms with Crippen molar-refractivity contribution in [1.29, 1.82) is 0 Å². The van der Waals surface area contributed by atoms with E-state index >= 15 is 0 Å². The first-order valence-electron chi connectivity index (χ1n) is 9.17. The van der Waals surface area contributed by atoms with E-state index in [1.807, 2.05) is 29.1 Å².